The maximum atomic E-state index is 4.43. The van der Waals surface area contributed by atoms with Gasteiger partial charge in [-0.3, -0.25) is 0 Å². The number of aromatic nitrogens is 2. The lowest BCUT2D eigenvalue weighted by Crippen LogP contribution is -2.14. The number of hydrogen-bond acceptors (Lipinski definition) is 2. The second kappa shape index (κ2) is 7.32. The Morgan fingerprint density at radius 1 is 1.20 bits per heavy atom. The standard InChI is InChI=1S/C17H27N3/c1-4-5-6-7-8-9-13(2)18-15-10-11-16-17(12-15)20-14(3)19-16/h10-13,18H,4-9H2,1-3H3,(H,19,20). The van der Waals surface area contributed by atoms with Crippen molar-refractivity contribution in [3.63, 3.8) is 0 Å². The first kappa shape index (κ1) is 14.9. The Labute approximate surface area is 122 Å². The minimum atomic E-state index is 0.526. The number of nitrogens with one attached hydrogen (secondary N) is 2. The number of aryl methyl sites for hydroxylation is 1. The second-order valence-corrected chi connectivity index (χ2v) is 5.80. The van der Waals surface area contributed by atoms with Gasteiger partial charge in [0.1, 0.15) is 5.82 Å². The predicted molar refractivity (Wildman–Crippen MR) is 87.3 cm³/mol. The van der Waals surface area contributed by atoms with Crippen LogP contribution in [0.4, 0.5) is 5.69 Å². The van der Waals surface area contributed by atoms with Gasteiger partial charge in [-0.05, 0) is 38.5 Å². The summed E-state index contributed by atoms with van der Waals surface area (Å²) in [6.07, 6.45) is 7.99. The van der Waals surface area contributed by atoms with Crippen LogP contribution in [0.2, 0.25) is 0 Å². The summed E-state index contributed by atoms with van der Waals surface area (Å²) in [6, 6.07) is 6.88. The zero-order valence-electron chi connectivity index (χ0n) is 13.0. The average Bonchev–Trinajstić information content (AvgIpc) is 2.78. The Morgan fingerprint density at radius 2 is 2.00 bits per heavy atom. The second-order valence-electron chi connectivity index (χ2n) is 5.80. The molecule has 3 nitrogen and oxygen atoms in total. The van der Waals surface area contributed by atoms with Gasteiger partial charge in [0.25, 0.3) is 0 Å². The molecule has 1 atom stereocenters. The fourth-order valence-electron chi connectivity index (χ4n) is 2.64. The molecular weight excluding hydrogens is 246 g/mol. The number of imidazole rings is 1. The fraction of sp³-hybridized carbons (Fsp3) is 0.588. The summed E-state index contributed by atoms with van der Waals surface area (Å²) >= 11 is 0. The molecule has 0 aliphatic rings. The molecule has 1 aromatic heterocycles. The van der Waals surface area contributed by atoms with Crippen molar-refractivity contribution < 1.29 is 0 Å². The van der Waals surface area contributed by atoms with Gasteiger partial charge in [0.2, 0.25) is 0 Å². The van der Waals surface area contributed by atoms with Gasteiger partial charge in [0.05, 0.1) is 11.0 Å². The summed E-state index contributed by atoms with van der Waals surface area (Å²) in [5.74, 6) is 0.973. The highest BCUT2D eigenvalue weighted by molar-refractivity contribution is 5.79. The van der Waals surface area contributed by atoms with E-state index >= 15 is 0 Å². The molecule has 2 rings (SSSR count). The first-order valence-corrected chi connectivity index (χ1v) is 7.92. The summed E-state index contributed by atoms with van der Waals surface area (Å²) in [5, 5.41) is 3.59. The Kier molecular flexibility index (Phi) is 5.45. The number of hydrogen-bond donors (Lipinski definition) is 2. The van der Waals surface area contributed by atoms with Crippen molar-refractivity contribution in [3.8, 4) is 0 Å². The van der Waals surface area contributed by atoms with Crippen LogP contribution in [0.1, 0.15) is 58.2 Å². The zero-order chi connectivity index (χ0) is 14.4. The molecule has 0 saturated carbocycles. The minimum Gasteiger partial charge on any atom is -0.383 e. The van der Waals surface area contributed by atoms with E-state index in [1.807, 2.05) is 6.92 Å². The Morgan fingerprint density at radius 3 is 2.80 bits per heavy atom. The molecular formula is C17H27N3. The van der Waals surface area contributed by atoms with Crippen molar-refractivity contribution in [1.29, 1.82) is 0 Å². The van der Waals surface area contributed by atoms with Crippen LogP contribution in [0, 0.1) is 6.92 Å². The molecule has 1 heterocycles. The van der Waals surface area contributed by atoms with Crippen LogP contribution in [0.25, 0.3) is 11.0 Å². The summed E-state index contributed by atoms with van der Waals surface area (Å²) in [6.45, 7) is 6.52. The smallest absolute Gasteiger partial charge is 0.104 e. The van der Waals surface area contributed by atoms with E-state index in [1.165, 1.54) is 44.2 Å². The molecule has 20 heavy (non-hydrogen) atoms. The third kappa shape index (κ3) is 4.26. The Bertz CT molecular complexity index is 530. The topological polar surface area (TPSA) is 40.7 Å². The quantitative estimate of drug-likeness (QED) is 0.662. The number of fused-ring (bicyclic) bond motifs is 1. The van der Waals surface area contributed by atoms with Gasteiger partial charge in [0, 0.05) is 11.7 Å². The molecule has 1 unspecified atom stereocenters. The van der Waals surface area contributed by atoms with E-state index in [0.717, 1.165) is 16.9 Å². The lowest BCUT2D eigenvalue weighted by Gasteiger charge is -2.15. The highest BCUT2D eigenvalue weighted by atomic mass is 14.9. The Balaban J connectivity index is 1.81. The number of rotatable bonds is 8. The van der Waals surface area contributed by atoms with Gasteiger partial charge >= 0.3 is 0 Å². The van der Waals surface area contributed by atoms with Crippen LogP contribution in [0.15, 0.2) is 18.2 Å². The average molecular weight is 273 g/mol. The monoisotopic (exact) mass is 273 g/mol. The van der Waals surface area contributed by atoms with Crippen LogP contribution >= 0.6 is 0 Å². The molecule has 0 fully saturated rings. The van der Waals surface area contributed by atoms with Crippen LogP contribution in [-0.4, -0.2) is 16.0 Å². The SMILES string of the molecule is CCCCCCCC(C)Nc1ccc2nc(C)[nH]c2c1. The van der Waals surface area contributed by atoms with Gasteiger partial charge in [-0.1, -0.05) is 39.0 Å². The number of unbranched alkanes of at least 4 members (excludes halogenated alkanes) is 4. The van der Waals surface area contributed by atoms with Crippen molar-refractivity contribution in [2.24, 2.45) is 0 Å². The third-order valence-corrected chi connectivity index (χ3v) is 3.75. The predicted octanol–water partition coefficient (Wildman–Crippen LogP) is 5.03. The molecule has 0 saturated heterocycles. The number of anilines is 1. The van der Waals surface area contributed by atoms with Crippen LogP contribution in [0.3, 0.4) is 0 Å². The first-order valence-electron chi connectivity index (χ1n) is 7.92. The summed E-state index contributed by atoms with van der Waals surface area (Å²) in [4.78, 5) is 7.72. The van der Waals surface area contributed by atoms with E-state index < -0.39 is 0 Å². The molecule has 2 aromatic rings. The van der Waals surface area contributed by atoms with Gasteiger partial charge in [-0.15, -0.1) is 0 Å². The molecule has 3 heteroatoms. The Hall–Kier alpha value is -1.51. The van der Waals surface area contributed by atoms with Crippen molar-refractivity contribution in [1.82, 2.24) is 9.97 Å². The molecule has 110 valence electrons. The van der Waals surface area contributed by atoms with Gasteiger partial charge in [-0.25, -0.2) is 4.98 Å². The normalized spacial score (nSPS) is 12.8. The molecule has 0 bridgehead atoms. The number of H-pyrrole nitrogens is 1. The molecule has 0 aliphatic carbocycles. The van der Waals surface area contributed by atoms with Crippen molar-refractivity contribution in [2.45, 2.75) is 65.3 Å². The first-order chi connectivity index (χ1) is 9.69. The molecule has 0 amide bonds. The number of nitrogens with zero attached hydrogens (tertiary/aromatic N) is 1. The van der Waals surface area contributed by atoms with Gasteiger partial charge in [0.15, 0.2) is 0 Å². The van der Waals surface area contributed by atoms with E-state index in [-0.39, 0.29) is 0 Å². The maximum absolute atomic E-state index is 4.43. The lowest BCUT2D eigenvalue weighted by molar-refractivity contribution is 0.578. The minimum absolute atomic E-state index is 0.526. The van der Waals surface area contributed by atoms with E-state index in [2.05, 4.69) is 47.3 Å². The lowest BCUT2D eigenvalue weighted by atomic mass is 10.1. The number of benzene rings is 1. The highest BCUT2D eigenvalue weighted by Gasteiger charge is 2.04. The van der Waals surface area contributed by atoms with Crippen molar-refractivity contribution in [3.05, 3.63) is 24.0 Å². The van der Waals surface area contributed by atoms with Crippen molar-refractivity contribution >= 4 is 16.7 Å². The van der Waals surface area contributed by atoms with E-state index in [9.17, 15) is 0 Å². The summed E-state index contributed by atoms with van der Waals surface area (Å²) < 4.78 is 0. The zero-order valence-corrected chi connectivity index (χ0v) is 13.0. The van der Waals surface area contributed by atoms with E-state index in [4.69, 9.17) is 0 Å². The van der Waals surface area contributed by atoms with E-state index in [1.54, 1.807) is 0 Å². The molecule has 0 aliphatic heterocycles. The fourth-order valence-corrected chi connectivity index (χ4v) is 2.64. The van der Waals surface area contributed by atoms with Crippen LogP contribution < -0.4 is 5.32 Å². The maximum Gasteiger partial charge on any atom is 0.104 e. The van der Waals surface area contributed by atoms with Crippen LogP contribution in [-0.2, 0) is 0 Å². The molecule has 1 aromatic carbocycles. The molecule has 0 spiro atoms. The third-order valence-electron chi connectivity index (χ3n) is 3.75. The van der Waals surface area contributed by atoms with E-state index in [0.29, 0.717) is 6.04 Å². The number of aromatic amines is 1. The highest BCUT2D eigenvalue weighted by Crippen LogP contribution is 2.19. The molecule has 0 radical (unpaired) electrons. The van der Waals surface area contributed by atoms with Gasteiger partial charge in [-0.2, -0.15) is 0 Å². The molecule has 2 N–H and O–H groups in total. The van der Waals surface area contributed by atoms with Gasteiger partial charge < -0.3 is 10.3 Å². The van der Waals surface area contributed by atoms with Crippen molar-refractivity contribution in [2.75, 3.05) is 5.32 Å². The summed E-state index contributed by atoms with van der Waals surface area (Å²) in [7, 11) is 0. The van der Waals surface area contributed by atoms with Crippen LogP contribution in [0.5, 0.6) is 0 Å². The summed E-state index contributed by atoms with van der Waals surface area (Å²) in [5.41, 5.74) is 3.34. The largest absolute Gasteiger partial charge is 0.383 e.